The summed E-state index contributed by atoms with van der Waals surface area (Å²) in [5.74, 6) is -0.315. The van der Waals surface area contributed by atoms with E-state index in [0.717, 1.165) is 38.7 Å². The lowest BCUT2D eigenvalue weighted by atomic mass is 9.96. The summed E-state index contributed by atoms with van der Waals surface area (Å²) in [6, 6.07) is 23.8. The quantitative estimate of drug-likeness (QED) is 0.270. The molecule has 170 valence electrons. The monoisotopic (exact) mass is 467 g/mol. The number of anilines is 1. The molecule has 0 bridgehead atoms. The highest BCUT2D eigenvalue weighted by atomic mass is 32.1. The minimum atomic E-state index is -0.889. The summed E-state index contributed by atoms with van der Waals surface area (Å²) in [5.41, 5.74) is 3.33. The van der Waals surface area contributed by atoms with Gasteiger partial charge in [-0.15, -0.1) is 11.3 Å². The number of fused-ring (bicyclic) bond motifs is 2. The lowest BCUT2D eigenvalue weighted by Gasteiger charge is -2.17. The number of thiophene rings is 1. The van der Waals surface area contributed by atoms with Crippen LogP contribution in [0.2, 0.25) is 0 Å². The molecule has 0 amide bonds. The first-order chi connectivity index (χ1) is 16.7. The van der Waals surface area contributed by atoms with Gasteiger partial charge in [-0.1, -0.05) is 79.7 Å². The molecule has 0 saturated carbocycles. The molecule has 0 unspecified atom stereocenters. The van der Waals surface area contributed by atoms with Crippen molar-refractivity contribution in [2.75, 3.05) is 5.32 Å². The fourth-order valence-corrected chi connectivity index (χ4v) is 5.54. The Morgan fingerprint density at radius 1 is 1.00 bits per heavy atom. The van der Waals surface area contributed by atoms with Gasteiger partial charge in [0.25, 0.3) is 0 Å². The van der Waals surface area contributed by atoms with Crippen LogP contribution in [0.1, 0.15) is 23.8 Å². The molecule has 6 heteroatoms. The molecule has 3 aromatic carbocycles. The molecule has 5 aromatic rings. The number of nitrogens with one attached hydrogen (secondary N) is 1. The Bertz CT molecular complexity index is 1460. The van der Waals surface area contributed by atoms with Crippen LogP contribution in [-0.2, 0) is 17.6 Å². The van der Waals surface area contributed by atoms with Gasteiger partial charge in [0.1, 0.15) is 23.0 Å². The summed E-state index contributed by atoms with van der Waals surface area (Å²) in [7, 11) is 0. The number of benzene rings is 3. The van der Waals surface area contributed by atoms with Crippen LogP contribution in [0.4, 0.5) is 5.82 Å². The average molecular weight is 468 g/mol. The first-order valence-corrected chi connectivity index (χ1v) is 12.2. The second kappa shape index (κ2) is 9.61. The standard InChI is InChI=1S/C28H25N3O2S/c1-2-23-24(21-14-8-12-19-11-6-7-13-20(19)21)25-26(29-17-30-27(25)34-23)31-22(28(32)33)16-15-18-9-4-3-5-10-18/h3-14,17,22H,2,15-16H2,1H3,(H,32,33)(H,29,30,31)/t22-/m1/s1. The number of nitrogens with zero attached hydrogens (tertiary/aromatic N) is 2. The second-order valence-electron chi connectivity index (χ2n) is 8.24. The van der Waals surface area contributed by atoms with E-state index in [1.54, 1.807) is 11.3 Å². The van der Waals surface area contributed by atoms with E-state index in [2.05, 4.69) is 52.5 Å². The van der Waals surface area contributed by atoms with E-state index in [4.69, 9.17) is 0 Å². The van der Waals surface area contributed by atoms with Crippen LogP contribution in [0.25, 0.3) is 32.1 Å². The molecule has 2 aromatic heterocycles. The van der Waals surface area contributed by atoms with Gasteiger partial charge in [-0.05, 0) is 41.2 Å². The van der Waals surface area contributed by atoms with Crippen LogP contribution in [0.15, 0.2) is 79.1 Å². The molecule has 2 N–H and O–H groups in total. The van der Waals surface area contributed by atoms with Gasteiger partial charge in [-0.25, -0.2) is 14.8 Å². The fourth-order valence-electron chi connectivity index (χ4n) is 4.44. The molecule has 1 atom stereocenters. The Hall–Kier alpha value is -3.77. The number of aliphatic carboxylic acids is 1. The first kappa shape index (κ1) is 22.0. The number of carbonyl (C=O) groups is 1. The summed E-state index contributed by atoms with van der Waals surface area (Å²) in [6.45, 7) is 2.14. The topological polar surface area (TPSA) is 75.1 Å². The van der Waals surface area contributed by atoms with Crippen LogP contribution in [0.5, 0.6) is 0 Å². The Morgan fingerprint density at radius 2 is 1.76 bits per heavy atom. The zero-order valence-electron chi connectivity index (χ0n) is 18.9. The van der Waals surface area contributed by atoms with Gasteiger partial charge >= 0.3 is 5.97 Å². The van der Waals surface area contributed by atoms with Gasteiger partial charge in [0.15, 0.2) is 0 Å². The third-order valence-corrected chi connectivity index (χ3v) is 7.36. The molecule has 2 heterocycles. The van der Waals surface area contributed by atoms with E-state index in [1.807, 2.05) is 42.5 Å². The Kier molecular flexibility index (Phi) is 6.23. The first-order valence-electron chi connectivity index (χ1n) is 11.4. The zero-order valence-corrected chi connectivity index (χ0v) is 19.7. The molecule has 0 spiro atoms. The molecule has 0 aliphatic rings. The minimum absolute atomic E-state index is 0.458. The molecule has 34 heavy (non-hydrogen) atoms. The third kappa shape index (κ3) is 4.24. The molecule has 0 aliphatic carbocycles. The number of rotatable bonds is 8. The SMILES string of the molecule is CCc1sc2ncnc(N[C@H](CCc3ccccc3)C(=O)O)c2c1-c1cccc2ccccc12. The molecule has 5 nitrogen and oxygen atoms in total. The van der Waals surface area contributed by atoms with Crippen molar-refractivity contribution in [3.63, 3.8) is 0 Å². The summed E-state index contributed by atoms with van der Waals surface area (Å²) in [5, 5.41) is 16.4. The van der Waals surface area contributed by atoms with Gasteiger partial charge in [-0.3, -0.25) is 0 Å². The van der Waals surface area contributed by atoms with Crippen molar-refractivity contribution in [2.45, 2.75) is 32.2 Å². The van der Waals surface area contributed by atoms with Crippen molar-refractivity contribution in [3.8, 4) is 11.1 Å². The Balaban J connectivity index is 1.59. The number of carboxylic acid groups (broad SMARTS) is 1. The number of aryl methyl sites for hydroxylation is 2. The largest absolute Gasteiger partial charge is 0.480 e. The highest BCUT2D eigenvalue weighted by Crippen LogP contribution is 2.43. The van der Waals surface area contributed by atoms with Crippen LogP contribution in [0, 0.1) is 0 Å². The van der Waals surface area contributed by atoms with Crippen molar-refractivity contribution in [3.05, 3.63) is 89.6 Å². The van der Waals surface area contributed by atoms with Crippen LogP contribution in [0.3, 0.4) is 0 Å². The van der Waals surface area contributed by atoms with Crippen molar-refractivity contribution in [1.29, 1.82) is 0 Å². The summed E-state index contributed by atoms with van der Waals surface area (Å²) < 4.78 is 0. The molecular formula is C28H25N3O2S. The number of aromatic nitrogens is 2. The number of hydrogen-bond donors (Lipinski definition) is 2. The number of carboxylic acids is 1. The predicted octanol–water partition coefficient (Wildman–Crippen LogP) is 6.57. The minimum Gasteiger partial charge on any atom is -0.480 e. The maximum atomic E-state index is 12.1. The van der Waals surface area contributed by atoms with Gasteiger partial charge in [0.05, 0.1) is 5.39 Å². The van der Waals surface area contributed by atoms with Crippen LogP contribution in [-0.4, -0.2) is 27.1 Å². The maximum absolute atomic E-state index is 12.1. The highest BCUT2D eigenvalue weighted by molar-refractivity contribution is 7.19. The molecule has 0 aliphatic heterocycles. The highest BCUT2D eigenvalue weighted by Gasteiger charge is 2.23. The summed E-state index contributed by atoms with van der Waals surface area (Å²) >= 11 is 1.65. The van der Waals surface area contributed by atoms with Crippen LogP contribution >= 0.6 is 11.3 Å². The van der Waals surface area contributed by atoms with Crippen molar-refractivity contribution >= 4 is 44.1 Å². The van der Waals surface area contributed by atoms with Crippen molar-refractivity contribution in [2.24, 2.45) is 0 Å². The molecule has 0 fully saturated rings. The van der Waals surface area contributed by atoms with Gasteiger partial charge in [0, 0.05) is 10.4 Å². The lowest BCUT2D eigenvalue weighted by Crippen LogP contribution is -2.30. The Labute approximate surface area is 202 Å². The average Bonchev–Trinajstić information content (AvgIpc) is 3.26. The Morgan fingerprint density at radius 3 is 2.56 bits per heavy atom. The smallest absolute Gasteiger partial charge is 0.326 e. The van der Waals surface area contributed by atoms with E-state index < -0.39 is 12.0 Å². The van der Waals surface area contributed by atoms with E-state index in [1.165, 1.54) is 16.6 Å². The van der Waals surface area contributed by atoms with E-state index >= 15 is 0 Å². The van der Waals surface area contributed by atoms with E-state index in [0.29, 0.717) is 18.7 Å². The van der Waals surface area contributed by atoms with E-state index in [-0.39, 0.29) is 0 Å². The normalized spacial score (nSPS) is 12.1. The van der Waals surface area contributed by atoms with E-state index in [9.17, 15) is 9.90 Å². The molecule has 0 saturated heterocycles. The molecule has 0 radical (unpaired) electrons. The summed E-state index contributed by atoms with van der Waals surface area (Å²) in [6.07, 6.45) is 3.50. The molecular weight excluding hydrogens is 442 g/mol. The van der Waals surface area contributed by atoms with Crippen molar-refractivity contribution < 1.29 is 9.90 Å². The van der Waals surface area contributed by atoms with Gasteiger partial charge in [-0.2, -0.15) is 0 Å². The van der Waals surface area contributed by atoms with Gasteiger partial charge in [0.2, 0.25) is 0 Å². The third-order valence-electron chi connectivity index (χ3n) is 6.11. The maximum Gasteiger partial charge on any atom is 0.326 e. The van der Waals surface area contributed by atoms with Crippen LogP contribution < -0.4 is 5.32 Å². The zero-order chi connectivity index (χ0) is 23.5. The molecule has 5 rings (SSSR count). The lowest BCUT2D eigenvalue weighted by molar-refractivity contribution is -0.138. The predicted molar refractivity (Wildman–Crippen MR) is 140 cm³/mol. The summed E-state index contributed by atoms with van der Waals surface area (Å²) in [4.78, 5) is 23.3. The number of hydrogen-bond acceptors (Lipinski definition) is 5. The second-order valence-corrected chi connectivity index (χ2v) is 9.33. The van der Waals surface area contributed by atoms with Crippen molar-refractivity contribution in [1.82, 2.24) is 9.97 Å². The fraction of sp³-hybridized carbons (Fsp3) is 0.179. The van der Waals surface area contributed by atoms with Gasteiger partial charge < -0.3 is 10.4 Å².